The van der Waals surface area contributed by atoms with Gasteiger partial charge in [-0.15, -0.1) is 0 Å². The van der Waals surface area contributed by atoms with Crippen LogP contribution in [0.15, 0.2) is 48.5 Å². The molecule has 1 fully saturated rings. The predicted octanol–water partition coefficient (Wildman–Crippen LogP) is 4.60. The molecule has 1 atom stereocenters. The Balaban J connectivity index is 1.62. The monoisotopic (exact) mass is 392 g/mol. The Morgan fingerprint density at radius 3 is 2.48 bits per heavy atom. The lowest BCUT2D eigenvalue weighted by atomic mass is 9.66. The van der Waals surface area contributed by atoms with Crippen molar-refractivity contribution >= 4 is 11.6 Å². The van der Waals surface area contributed by atoms with Crippen LogP contribution in [0.4, 0.5) is 5.69 Å². The summed E-state index contributed by atoms with van der Waals surface area (Å²) in [6.07, 6.45) is 1.01. The van der Waals surface area contributed by atoms with Gasteiger partial charge in [0.05, 0.1) is 13.2 Å². The first-order valence-corrected chi connectivity index (χ1v) is 10.6. The highest BCUT2D eigenvalue weighted by Gasteiger charge is 2.41. The van der Waals surface area contributed by atoms with Gasteiger partial charge in [0, 0.05) is 35.8 Å². The van der Waals surface area contributed by atoms with Crippen molar-refractivity contribution in [3.05, 3.63) is 65.2 Å². The van der Waals surface area contributed by atoms with Gasteiger partial charge in [-0.2, -0.15) is 0 Å². The van der Waals surface area contributed by atoms with E-state index in [0.29, 0.717) is 32.3 Å². The first-order chi connectivity index (χ1) is 13.8. The number of hydrogen-bond acceptors (Lipinski definition) is 3. The second kappa shape index (κ2) is 7.49. The number of benzene rings is 2. The summed E-state index contributed by atoms with van der Waals surface area (Å²) >= 11 is 0. The quantitative estimate of drug-likeness (QED) is 0.830. The molecule has 2 heterocycles. The Bertz CT molecular complexity index is 883. The second-order valence-corrected chi connectivity index (χ2v) is 9.54. The third kappa shape index (κ3) is 3.78. The molecule has 0 spiro atoms. The normalized spacial score (nSPS) is 21.2. The van der Waals surface area contributed by atoms with Gasteiger partial charge < -0.3 is 15.0 Å². The van der Waals surface area contributed by atoms with Crippen LogP contribution in [-0.4, -0.2) is 43.2 Å². The zero-order chi connectivity index (χ0) is 20.6. The van der Waals surface area contributed by atoms with Gasteiger partial charge in [-0.1, -0.05) is 58.0 Å². The standard InChI is InChI=1S/C25H32N2O2/c1-24(2)17-22(25(3,4)19-8-6-5-7-9-19)26-21-11-10-18(16-20(21)24)23(28)27-12-14-29-15-13-27/h5-11,16,22,26H,12-15,17H2,1-4H3. The average Bonchev–Trinajstić information content (AvgIpc) is 2.74. The summed E-state index contributed by atoms with van der Waals surface area (Å²) in [5, 5.41) is 3.79. The number of ether oxygens (including phenoxy) is 1. The summed E-state index contributed by atoms with van der Waals surface area (Å²) in [5.74, 6) is 0.110. The molecule has 0 saturated carbocycles. The highest BCUT2D eigenvalue weighted by atomic mass is 16.5. The van der Waals surface area contributed by atoms with E-state index in [-0.39, 0.29) is 16.7 Å². The van der Waals surface area contributed by atoms with E-state index in [1.807, 2.05) is 11.0 Å². The highest BCUT2D eigenvalue weighted by molar-refractivity contribution is 5.95. The van der Waals surface area contributed by atoms with Gasteiger partial charge in [-0.3, -0.25) is 4.79 Å². The lowest BCUT2D eigenvalue weighted by Crippen LogP contribution is -2.47. The molecule has 154 valence electrons. The van der Waals surface area contributed by atoms with Gasteiger partial charge in [0.1, 0.15) is 0 Å². The molecule has 2 aromatic rings. The van der Waals surface area contributed by atoms with Crippen LogP contribution in [0.3, 0.4) is 0 Å². The minimum Gasteiger partial charge on any atom is -0.381 e. The molecule has 0 radical (unpaired) electrons. The molecule has 4 rings (SSSR count). The maximum atomic E-state index is 13.0. The third-order valence-corrected chi connectivity index (χ3v) is 6.73. The Labute approximate surface area is 174 Å². The van der Waals surface area contributed by atoms with E-state index < -0.39 is 0 Å². The molecule has 1 amide bonds. The zero-order valence-electron chi connectivity index (χ0n) is 18.0. The van der Waals surface area contributed by atoms with Crippen molar-refractivity contribution in [2.75, 3.05) is 31.6 Å². The van der Waals surface area contributed by atoms with Gasteiger partial charge in [0.2, 0.25) is 0 Å². The number of rotatable bonds is 3. The number of fused-ring (bicyclic) bond motifs is 1. The predicted molar refractivity (Wildman–Crippen MR) is 118 cm³/mol. The molecule has 29 heavy (non-hydrogen) atoms. The van der Waals surface area contributed by atoms with E-state index in [4.69, 9.17) is 4.74 Å². The smallest absolute Gasteiger partial charge is 0.254 e. The number of nitrogens with one attached hydrogen (secondary N) is 1. The van der Waals surface area contributed by atoms with Crippen LogP contribution in [0.1, 0.15) is 55.6 Å². The Hall–Kier alpha value is -2.33. The lowest BCUT2D eigenvalue weighted by molar-refractivity contribution is 0.0303. The van der Waals surface area contributed by atoms with Crippen molar-refractivity contribution in [3.63, 3.8) is 0 Å². The van der Waals surface area contributed by atoms with Gasteiger partial charge in [0.15, 0.2) is 0 Å². The summed E-state index contributed by atoms with van der Waals surface area (Å²) in [6.45, 7) is 11.8. The van der Waals surface area contributed by atoms with E-state index in [0.717, 1.165) is 17.7 Å². The second-order valence-electron chi connectivity index (χ2n) is 9.54. The molecule has 1 unspecified atom stereocenters. The van der Waals surface area contributed by atoms with E-state index in [2.05, 4.69) is 75.5 Å². The van der Waals surface area contributed by atoms with E-state index in [1.54, 1.807) is 0 Å². The highest BCUT2D eigenvalue weighted by Crippen LogP contribution is 2.44. The fourth-order valence-corrected chi connectivity index (χ4v) is 4.68. The molecule has 0 aliphatic carbocycles. The maximum absolute atomic E-state index is 13.0. The van der Waals surface area contributed by atoms with Crippen molar-refractivity contribution in [1.29, 1.82) is 0 Å². The largest absolute Gasteiger partial charge is 0.381 e. The minimum atomic E-state index is -0.0153. The number of carbonyl (C=O) groups is 1. The van der Waals surface area contributed by atoms with Crippen molar-refractivity contribution in [1.82, 2.24) is 4.90 Å². The molecule has 2 aromatic carbocycles. The molecular weight excluding hydrogens is 360 g/mol. The molecule has 2 aliphatic rings. The molecule has 1 N–H and O–H groups in total. The maximum Gasteiger partial charge on any atom is 0.254 e. The summed E-state index contributed by atoms with van der Waals surface area (Å²) in [7, 11) is 0. The summed E-state index contributed by atoms with van der Waals surface area (Å²) in [5.41, 5.74) is 4.49. The summed E-state index contributed by atoms with van der Waals surface area (Å²) in [6, 6.07) is 17.2. The van der Waals surface area contributed by atoms with Crippen LogP contribution >= 0.6 is 0 Å². The molecule has 1 saturated heterocycles. The van der Waals surface area contributed by atoms with Crippen LogP contribution in [0.2, 0.25) is 0 Å². The van der Waals surface area contributed by atoms with Gasteiger partial charge in [-0.05, 0) is 41.2 Å². The van der Waals surface area contributed by atoms with E-state index >= 15 is 0 Å². The van der Waals surface area contributed by atoms with Gasteiger partial charge in [-0.25, -0.2) is 0 Å². The van der Waals surface area contributed by atoms with E-state index in [9.17, 15) is 4.79 Å². The molecular formula is C25H32N2O2. The van der Waals surface area contributed by atoms with Crippen molar-refractivity contribution < 1.29 is 9.53 Å². The lowest BCUT2D eigenvalue weighted by Gasteiger charge is -2.46. The average molecular weight is 393 g/mol. The van der Waals surface area contributed by atoms with Crippen molar-refractivity contribution in [2.24, 2.45) is 0 Å². The van der Waals surface area contributed by atoms with Crippen LogP contribution in [-0.2, 0) is 15.6 Å². The molecule has 4 nitrogen and oxygen atoms in total. The molecule has 0 bridgehead atoms. The number of amides is 1. The molecule has 0 aromatic heterocycles. The number of nitrogens with zero attached hydrogens (tertiary/aromatic N) is 1. The van der Waals surface area contributed by atoms with Crippen LogP contribution < -0.4 is 5.32 Å². The number of carbonyl (C=O) groups excluding carboxylic acids is 1. The number of hydrogen-bond donors (Lipinski definition) is 1. The number of morpholine rings is 1. The number of anilines is 1. The first-order valence-electron chi connectivity index (χ1n) is 10.6. The van der Waals surface area contributed by atoms with Crippen LogP contribution in [0.5, 0.6) is 0 Å². The summed E-state index contributed by atoms with van der Waals surface area (Å²) in [4.78, 5) is 14.9. The Morgan fingerprint density at radius 1 is 1.10 bits per heavy atom. The SMILES string of the molecule is CC1(C)CC(C(C)(C)c2ccccc2)Nc2ccc(C(=O)N3CCOCC3)cc21. The Morgan fingerprint density at radius 2 is 1.79 bits per heavy atom. The zero-order valence-corrected chi connectivity index (χ0v) is 18.0. The third-order valence-electron chi connectivity index (χ3n) is 6.73. The van der Waals surface area contributed by atoms with E-state index in [1.165, 1.54) is 11.1 Å². The van der Waals surface area contributed by atoms with Crippen LogP contribution in [0.25, 0.3) is 0 Å². The van der Waals surface area contributed by atoms with Crippen molar-refractivity contribution in [2.45, 2.75) is 51.0 Å². The fourth-order valence-electron chi connectivity index (χ4n) is 4.68. The minimum absolute atomic E-state index is 0.00148. The van der Waals surface area contributed by atoms with Crippen LogP contribution in [0, 0.1) is 0 Å². The topological polar surface area (TPSA) is 41.6 Å². The van der Waals surface area contributed by atoms with Gasteiger partial charge >= 0.3 is 0 Å². The summed E-state index contributed by atoms with van der Waals surface area (Å²) < 4.78 is 5.39. The molecule has 4 heteroatoms. The van der Waals surface area contributed by atoms with Gasteiger partial charge in [0.25, 0.3) is 5.91 Å². The Kier molecular flexibility index (Phi) is 5.16. The fraction of sp³-hybridized carbons (Fsp3) is 0.480. The van der Waals surface area contributed by atoms with Crippen molar-refractivity contribution in [3.8, 4) is 0 Å². The molecule has 2 aliphatic heterocycles. The first kappa shape index (κ1) is 20.0.